The summed E-state index contributed by atoms with van der Waals surface area (Å²) in [5.41, 5.74) is 3.22. The predicted octanol–water partition coefficient (Wildman–Crippen LogP) is 5.97. The van der Waals surface area contributed by atoms with Crippen LogP contribution in [0.2, 0.25) is 0 Å². The van der Waals surface area contributed by atoms with Crippen LogP contribution in [0.4, 0.5) is 0 Å². The summed E-state index contributed by atoms with van der Waals surface area (Å²) in [6.07, 6.45) is 0. The summed E-state index contributed by atoms with van der Waals surface area (Å²) in [6.45, 7) is 7.80. The van der Waals surface area contributed by atoms with Crippen molar-refractivity contribution in [3.63, 3.8) is 0 Å². The van der Waals surface area contributed by atoms with E-state index in [1.165, 1.54) is 12.1 Å². The smallest absolute Gasteiger partial charge is 0.158 e. The van der Waals surface area contributed by atoms with Crippen molar-refractivity contribution in [2.75, 3.05) is 26.2 Å². The molecular formula is C26H28ClNO3. The van der Waals surface area contributed by atoms with Gasteiger partial charge in [-0.15, -0.1) is 0 Å². The first-order valence-corrected chi connectivity index (χ1v) is 10.8. The molecule has 4 nitrogen and oxygen atoms in total. The highest BCUT2D eigenvalue weighted by Crippen LogP contribution is 2.38. The Morgan fingerprint density at radius 3 is 2.06 bits per heavy atom. The van der Waals surface area contributed by atoms with Gasteiger partial charge in [-0.05, 0) is 54.0 Å². The van der Waals surface area contributed by atoms with Crippen LogP contribution in [-0.4, -0.2) is 41.4 Å². The van der Waals surface area contributed by atoms with Crippen molar-refractivity contribution in [1.29, 1.82) is 0 Å². The lowest BCUT2D eigenvalue weighted by molar-refractivity contribution is 0.223. The number of halogens is 1. The molecule has 31 heavy (non-hydrogen) atoms. The highest BCUT2D eigenvalue weighted by molar-refractivity contribution is 6.53. The lowest BCUT2D eigenvalue weighted by atomic mass is 9.95. The van der Waals surface area contributed by atoms with Crippen molar-refractivity contribution in [2.45, 2.75) is 13.8 Å². The second kappa shape index (κ2) is 10.9. The minimum Gasteiger partial charge on any atom is -0.504 e. The Kier molecular flexibility index (Phi) is 7.99. The number of likely N-dealkylation sites (N-methyl/N-ethyl adjacent to an activating group) is 1. The zero-order chi connectivity index (χ0) is 22.2. The van der Waals surface area contributed by atoms with Crippen LogP contribution in [0.15, 0.2) is 72.8 Å². The van der Waals surface area contributed by atoms with Crippen LogP contribution in [-0.2, 0) is 0 Å². The molecule has 0 bridgehead atoms. The van der Waals surface area contributed by atoms with Crippen molar-refractivity contribution in [3.8, 4) is 17.2 Å². The number of phenolic OH excluding ortho intramolecular Hbond substituents is 2. The van der Waals surface area contributed by atoms with E-state index in [9.17, 15) is 10.2 Å². The van der Waals surface area contributed by atoms with Gasteiger partial charge in [-0.1, -0.05) is 74.0 Å². The standard InChI is InChI=1S/C26H28ClNO3/c1-3-28(4-2)16-17-31-22-13-10-19(11-14-22)25(21-12-15-23(29)24(30)18-21)26(27)20-8-6-5-7-9-20/h5-15,18,29-30H,3-4,16-17H2,1-2H3. The van der Waals surface area contributed by atoms with Crippen molar-refractivity contribution in [1.82, 2.24) is 4.90 Å². The molecule has 0 saturated heterocycles. The first-order chi connectivity index (χ1) is 15.0. The van der Waals surface area contributed by atoms with E-state index in [0.29, 0.717) is 17.2 Å². The molecule has 3 aromatic rings. The van der Waals surface area contributed by atoms with E-state index in [0.717, 1.165) is 42.1 Å². The molecule has 0 amide bonds. The fourth-order valence-electron chi connectivity index (χ4n) is 3.38. The molecule has 2 N–H and O–H groups in total. The van der Waals surface area contributed by atoms with Crippen molar-refractivity contribution in [3.05, 3.63) is 89.5 Å². The van der Waals surface area contributed by atoms with Crippen LogP contribution in [0.25, 0.3) is 10.6 Å². The van der Waals surface area contributed by atoms with Gasteiger partial charge in [0.05, 0.1) is 5.03 Å². The van der Waals surface area contributed by atoms with Gasteiger partial charge in [-0.2, -0.15) is 0 Å². The number of rotatable bonds is 9. The van der Waals surface area contributed by atoms with Gasteiger partial charge in [-0.25, -0.2) is 0 Å². The van der Waals surface area contributed by atoms with Crippen molar-refractivity contribution in [2.24, 2.45) is 0 Å². The second-order valence-electron chi connectivity index (χ2n) is 7.16. The topological polar surface area (TPSA) is 52.9 Å². The molecule has 3 aromatic carbocycles. The fraction of sp³-hybridized carbons (Fsp3) is 0.231. The molecule has 0 aliphatic heterocycles. The summed E-state index contributed by atoms with van der Waals surface area (Å²) in [6, 6.07) is 22.1. The summed E-state index contributed by atoms with van der Waals surface area (Å²) < 4.78 is 5.90. The monoisotopic (exact) mass is 437 g/mol. The van der Waals surface area contributed by atoms with E-state index in [4.69, 9.17) is 16.3 Å². The molecule has 0 aliphatic carbocycles. The maximum Gasteiger partial charge on any atom is 0.158 e. The summed E-state index contributed by atoms with van der Waals surface area (Å²) in [5, 5.41) is 20.3. The van der Waals surface area contributed by atoms with Crippen LogP contribution >= 0.6 is 11.6 Å². The van der Waals surface area contributed by atoms with Gasteiger partial charge in [0.1, 0.15) is 12.4 Å². The Morgan fingerprint density at radius 1 is 0.806 bits per heavy atom. The molecule has 0 aliphatic rings. The molecule has 5 heteroatoms. The van der Waals surface area contributed by atoms with Gasteiger partial charge in [0.25, 0.3) is 0 Å². The minimum absolute atomic E-state index is 0.170. The highest BCUT2D eigenvalue weighted by atomic mass is 35.5. The molecule has 0 heterocycles. The molecule has 0 fully saturated rings. The molecule has 0 saturated carbocycles. The van der Waals surface area contributed by atoms with E-state index < -0.39 is 0 Å². The first-order valence-electron chi connectivity index (χ1n) is 10.5. The largest absolute Gasteiger partial charge is 0.504 e. The highest BCUT2D eigenvalue weighted by Gasteiger charge is 2.14. The quantitative estimate of drug-likeness (QED) is 0.319. The van der Waals surface area contributed by atoms with Gasteiger partial charge in [0, 0.05) is 12.1 Å². The Bertz CT molecular complexity index is 1010. The maximum atomic E-state index is 10.0. The molecule has 0 radical (unpaired) electrons. The third kappa shape index (κ3) is 5.81. The van der Waals surface area contributed by atoms with Gasteiger partial charge < -0.3 is 19.8 Å². The lowest BCUT2D eigenvalue weighted by Crippen LogP contribution is -2.27. The van der Waals surface area contributed by atoms with E-state index in [2.05, 4.69) is 18.7 Å². The number of hydrogen-bond donors (Lipinski definition) is 2. The van der Waals surface area contributed by atoms with Gasteiger partial charge in [0.2, 0.25) is 0 Å². The minimum atomic E-state index is -0.191. The molecule has 0 aromatic heterocycles. The van der Waals surface area contributed by atoms with E-state index in [-0.39, 0.29) is 11.5 Å². The zero-order valence-electron chi connectivity index (χ0n) is 17.9. The average molecular weight is 438 g/mol. The number of phenols is 2. The number of aromatic hydroxyl groups is 2. The Morgan fingerprint density at radius 2 is 1.45 bits per heavy atom. The third-order valence-electron chi connectivity index (χ3n) is 5.22. The van der Waals surface area contributed by atoms with E-state index in [1.54, 1.807) is 6.07 Å². The average Bonchev–Trinajstić information content (AvgIpc) is 2.80. The van der Waals surface area contributed by atoms with Gasteiger partial charge in [-0.3, -0.25) is 0 Å². The number of nitrogens with zero attached hydrogens (tertiary/aromatic N) is 1. The molecular weight excluding hydrogens is 410 g/mol. The van der Waals surface area contributed by atoms with Crippen LogP contribution < -0.4 is 4.74 Å². The maximum absolute atomic E-state index is 10.0. The molecule has 0 atom stereocenters. The Hall–Kier alpha value is -2.95. The van der Waals surface area contributed by atoms with Crippen molar-refractivity contribution < 1.29 is 14.9 Å². The molecule has 162 valence electrons. The van der Waals surface area contributed by atoms with Crippen LogP contribution in [0.3, 0.4) is 0 Å². The number of hydrogen-bond acceptors (Lipinski definition) is 4. The Labute approximate surface area is 189 Å². The van der Waals surface area contributed by atoms with Crippen LogP contribution in [0.1, 0.15) is 30.5 Å². The SMILES string of the molecule is CCN(CC)CCOc1ccc(C(=C(Cl)c2ccccc2)c2ccc(O)c(O)c2)cc1. The summed E-state index contributed by atoms with van der Waals surface area (Å²) in [5.74, 6) is 0.430. The first kappa shape index (κ1) is 22.7. The summed E-state index contributed by atoms with van der Waals surface area (Å²) >= 11 is 6.82. The zero-order valence-corrected chi connectivity index (χ0v) is 18.6. The number of benzene rings is 3. The van der Waals surface area contributed by atoms with Gasteiger partial charge >= 0.3 is 0 Å². The van der Waals surface area contributed by atoms with E-state index >= 15 is 0 Å². The van der Waals surface area contributed by atoms with Crippen molar-refractivity contribution >= 4 is 22.2 Å². The molecule has 3 rings (SSSR count). The lowest BCUT2D eigenvalue weighted by Gasteiger charge is -2.18. The normalized spacial score (nSPS) is 12.0. The van der Waals surface area contributed by atoms with Gasteiger partial charge in [0.15, 0.2) is 11.5 Å². The summed E-state index contributed by atoms with van der Waals surface area (Å²) in [7, 11) is 0. The Balaban J connectivity index is 1.92. The molecule has 0 unspecified atom stereocenters. The van der Waals surface area contributed by atoms with E-state index in [1.807, 2.05) is 54.6 Å². The summed E-state index contributed by atoms with van der Waals surface area (Å²) in [4.78, 5) is 2.31. The molecule has 0 spiro atoms. The number of ether oxygens (including phenoxy) is 1. The second-order valence-corrected chi connectivity index (χ2v) is 7.54. The predicted molar refractivity (Wildman–Crippen MR) is 128 cm³/mol. The fourth-order valence-corrected chi connectivity index (χ4v) is 3.72. The van der Waals surface area contributed by atoms with Crippen LogP contribution in [0, 0.1) is 0 Å². The third-order valence-corrected chi connectivity index (χ3v) is 5.63. The van der Waals surface area contributed by atoms with Crippen LogP contribution in [0.5, 0.6) is 17.2 Å².